The van der Waals surface area contributed by atoms with E-state index < -0.39 is 0 Å². The van der Waals surface area contributed by atoms with Crippen molar-refractivity contribution in [2.24, 2.45) is 0 Å². The van der Waals surface area contributed by atoms with E-state index in [9.17, 15) is 0 Å². The summed E-state index contributed by atoms with van der Waals surface area (Å²) in [4.78, 5) is 2.45. The zero-order valence-electron chi connectivity index (χ0n) is 11.5. The first-order chi connectivity index (χ1) is 8.69. The Labute approximate surface area is 108 Å². The summed E-state index contributed by atoms with van der Waals surface area (Å²) in [5.41, 5.74) is 0.987. The van der Waals surface area contributed by atoms with Crippen molar-refractivity contribution in [3.63, 3.8) is 0 Å². The Hall–Kier alpha value is -0.980. The SMILES string of the molecule is CNCc1cn(CCN2CC(C)OCC2C)nn1. The summed E-state index contributed by atoms with van der Waals surface area (Å²) in [6, 6.07) is 0.488. The summed E-state index contributed by atoms with van der Waals surface area (Å²) >= 11 is 0. The van der Waals surface area contributed by atoms with Crippen LogP contribution in [0.5, 0.6) is 0 Å². The number of ether oxygens (including phenoxy) is 1. The van der Waals surface area contributed by atoms with E-state index in [-0.39, 0.29) is 0 Å². The van der Waals surface area contributed by atoms with Gasteiger partial charge in [0, 0.05) is 31.9 Å². The van der Waals surface area contributed by atoms with Crippen LogP contribution in [0.3, 0.4) is 0 Å². The summed E-state index contributed by atoms with van der Waals surface area (Å²) in [5.74, 6) is 0. The molecule has 1 saturated heterocycles. The fraction of sp³-hybridized carbons (Fsp3) is 0.833. The predicted molar refractivity (Wildman–Crippen MR) is 69.2 cm³/mol. The van der Waals surface area contributed by atoms with Crippen molar-refractivity contribution in [1.82, 2.24) is 25.2 Å². The van der Waals surface area contributed by atoms with E-state index >= 15 is 0 Å². The molecule has 1 N–H and O–H groups in total. The lowest BCUT2D eigenvalue weighted by atomic mass is 10.2. The fourth-order valence-corrected chi connectivity index (χ4v) is 2.22. The van der Waals surface area contributed by atoms with E-state index in [1.54, 1.807) is 0 Å². The number of rotatable bonds is 5. The van der Waals surface area contributed by atoms with Crippen molar-refractivity contribution >= 4 is 0 Å². The lowest BCUT2D eigenvalue weighted by Crippen LogP contribution is -2.48. The quantitative estimate of drug-likeness (QED) is 0.807. The smallest absolute Gasteiger partial charge is 0.0964 e. The van der Waals surface area contributed by atoms with Crippen molar-refractivity contribution in [2.75, 3.05) is 26.7 Å². The molecule has 0 saturated carbocycles. The molecular formula is C12H23N5O. The molecule has 1 aliphatic heterocycles. The standard InChI is InChI=1S/C12H23N5O/c1-10-9-18-11(2)7-16(10)4-5-17-8-12(6-13-3)14-15-17/h8,10-11,13H,4-7,9H2,1-3H3. The molecule has 1 fully saturated rings. The van der Waals surface area contributed by atoms with Crippen LogP contribution in [-0.4, -0.2) is 58.8 Å². The van der Waals surface area contributed by atoms with Gasteiger partial charge < -0.3 is 10.1 Å². The van der Waals surface area contributed by atoms with Crippen LogP contribution in [0.15, 0.2) is 6.20 Å². The van der Waals surface area contributed by atoms with Gasteiger partial charge in [-0.15, -0.1) is 5.10 Å². The Morgan fingerprint density at radius 3 is 3.06 bits per heavy atom. The predicted octanol–water partition coefficient (Wildman–Crippen LogP) is 0.107. The first kappa shape index (κ1) is 13.5. The van der Waals surface area contributed by atoms with Gasteiger partial charge in [0.15, 0.2) is 0 Å². The van der Waals surface area contributed by atoms with Crippen molar-refractivity contribution < 1.29 is 4.74 Å². The van der Waals surface area contributed by atoms with Gasteiger partial charge in [0.25, 0.3) is 0 Å². The molecule has 18 heavy (non-hydrogen) atoms. The zero-order valence-corrected chi connectivity index (χ0v) is 11.5. The monoisotopic (exact) mass is 253 g/mol. The van der Waals surface area contributed by atoms with Crippen LogP contribution in [0.4, 0.5) is 0 Å². The number of nitrogens with one attached hydrogen (secondary N) is 1. The number of hydrogen-bond donors (Lipinski definition) is 1. The topological polar surface area (TPSA) is 55.2 Å². The molecule has 0 aromatic carbocycles. The maximum Gasteiger partial charge on any atom is 0.0964 e. The Balaban J connectivity index is 1.82. The zero-order chi connectivity index (χ0) is 13.0. The van der Waals surface area contributed by atoms with Gasteiger partial charge in [0.2, 0.25) is 0 Å². The molecule has 0 spiro atoms. The highest BCUT2D eigenvalue weighted by Gasteiger charge is 2.22. The molecule has 0 bridgehead atoms. The van der Waals surface area contributed by atoms with Crippen molar-refractivity contribution in [3.05, 3.63) is 11.9 Å². The second-order valence-electron chi connectivity index (χ2n) is 4.99. The molecule has 2 heterocycles. The Bertz CT molecular complexity index is 367. The molecule has 102 valence electrons. The molecule has 0 aliphatic carbocycles. The second-order valence-corrected chi connectivity index (χ2v) is 4.99. The second kappa shape index (κ2) is 6.26. The number of aromatic nitrogens is 3. The Kier molecular flexibility index (Phi) is 4.68. The molecule has 0 amide bonds. The lowest BCUT2D eigenvalue weighted by molar-refractivity contribution is -0.0504. The molecule has 1 aromatic rings. The summed E-state index contributed by atoms with van der Waals surface area (Å²) in [5, 5.41) is 11.3. The van der Waals surface area contributed by atoms with Crippen LogP contribution in [0, 0.1) is 0 Å². The van der Waals surface area contributed by atoms with E-state index in [0.717, 1.165) is 38.5 Å². The molecule has 2 atom stereocenters. The van der Waals surface area contributed by atoms with E-state index in [2.05, 4.69) is 34.4 Å². The normalized spacial score (nSPS) is 25.5. The third-order valence-electron chi connectivity index (χ3n) is 3.30. The first-order valence-electron chi connectivity index (χ1n) is 6.58. The van der Waals surface area contributed by atoms with E-state index in [1.165, 1.54) is 0 Å². The minimum absolute atomic E-state index is 0.330. The minimum Gasteiger partial charge on any atom is -0.376 e. The van der Waals surface area contributed by atoms with Crippen LogP contribution in [-0.2, 0) is 17.8 Å². The number of morpholine rings is 1. The minimum atomic E-state index is 0.330. The van der Waals surface area contributed by atoms with Crippen LogP contribution >= 0.6 is 0 Å². The molecule has 1 aliphatic rings. The Morgan fingerprint density at radius 2 is 2.28 bits per heavy atom. The fourth-order valence-electron chi connectivity index (χ4n) is 2.22. The summed E-state index contributed by atoms with van der Waals surface area (Å²) in [7, 11) is 1.91. The van der Waals surface area contributed by atoms with Crippen LogP contribution in [0.2, 0.25) is 0 Å². The van der Waals surface area contributed by atoms with Crippen molar-refractivity contribution in [1.29, 1.82) is 0 Å². The van der Waals surface area contributed by atoms with Gasteiger partial charge in [0.1, 0.15) is 0 Å². The largest absolute Gasteiger partial charge is 0.376 e. The maximum atomic E-state index is 5.62. The molecule has 6 heteroatoms. The average molecular weight is 253 g/mol. The lowest BCUT2D eigenvalue weighted by Gasteiger charge is -2.36. The van der Waals surface area contributed by atoms with E-state index in [0.29, 0.717) is 12.1 Å². The van der Waals surface area contributed by atoms with E-state index in [4.69, 9.17) is 4.74 Å². The summed E-state index contributed by atoms with van der Waals surface area (Å²) in [6.45, 7) is 8.80. The van der Waals surface area contributed by atoms with Gasteiger partial charge >= 0.3 is 0 Å². The van der Waals surface area contributed by atoms with Crippen molar-refractivity contribution in [3.8, 4) is 0 Å². The Morgan fingerprint density at radius 1 is 1.44 bits per heavy atom. The van der Waals surface area contributed by atoms with Gasteiger partial charge in [-0.3, -0.25) is 9.58 Å². The van der Waals surface area contributed by atoms with Gasteiger partial charge in [-0.2, -0.15) is 0 Å². The molecule has 6 nitrogen and oxygen atoms in total. The van der Waals surface area contributed by atoms with Gasteiger partial charge in [-0.1, -0.05) is 5.21 Å². The van der Waals surface area contributed by atoms with Crippen molar-refractivity contribution in [2.45, 2.75) is 39.1 Å². The molecule has 0 radical (unpaired) electrons. The molecule has 1 aromatic heterocycles. The maximum absolute atomic E-state index is 5.62. The van der Waals surface area contributed by atoms with E-state index in [1.807, 2.05) is 17.9 Å². The number of nitrogens with zero attached hydrogens (tertiary/aromatic N) is 4. The number of hydrogen-bond acceptors (Lipinski definition) is 5. The van der Waals surface area contributed by atoms with Crippen LogP contribution in [0.1, 0.15) is 19.5 Å². The summed E-state index contributed by atoms with van der Waals surface area (Å²) in [6.07, 6.45) is 2.34. The molecular weight excluding hydrogens is 230 g/mol. The van der Waals surface area contributed by atoms with Gasteiger partial charge in [0.05, 0.1) is 24.9 Å². The van der Waals surface area contributed by atoms with Gasteiger partial charge in [-0.25, -0.2) is 0 Å². The third kappa shape index (κ3) is 3.51. The molecule has 2 rings (SSSR count). The van der Waals surface area contributed by atoms with Crippen LogP contribution < -0.4 is 5.32 Å². The summed E-state index contributed by atoms with van der Waals surface area (Å²) < 4.78 is 7.54. The third-order valence-corrected chi connectivity index (χ3v) is 3.30. The highest BCUT2D eigenvalue weighted by molar-refractivity contribution is 4.91. The average Bonchev–Trinajstić information content (AvgIpc) is 2.79. The van der Waals surface area contributed by atoms with Crippen LogP contribution in [0.25, 0.3) is 0 Å². The highest BCUT2D eigenvalue weighted by Crippen LogP contribution is 2.10. The highest BCUT2D eigenvalue weighted by atomic mass is 16.5. The molecule has 2 unspecified atom stereocenters. The van der Waals surface area contributed by atoms with Gasteiger partial charge in [-0.05, 0) is 20.9 Å². The first-order valence-corrected chi connectivity index (χ1v) is 6.58.